The number of hydrogen-bond donors (Lipinski definition) is 1. The highest BCUT2D eigenvalue weighted by Crippen LogP contribution is 2.36. The number of hydrogen-bond acceptors (Lipinski definition) is 3. The second-order valence-corrected chi connectivity index (χ2v) is 10.6. The van der Waals surface area contributed by atoms with Gasteiger partial charge in [-0.15, -0.1) is 0 Å². The van der Waals surface area contributed by atoms with Gasteiger partial charge in [-0.3, -0.25) is 0 Å². The Kier molecular flexibility index (Phi) is 6.78. The summed E-state index contributed by atoms with van der Waals surface area (Å²) in [4.78, 5) is 0. The third-order valence-electron chi connectivity index (χ3n) is 3.45. The van der Waals surface area contributed by atoms with Gasteiger partial charge in [-0.25, -0.2) is 0 Å². The molecule has 0 aliphatic heterocycles. The lowest BCUT2D eigenvalue weighted by molar-refractivity contribution is 0.0426. The van der Waals surface area contributed by atoms with Crippen molar-refractivity contribution in [3.63, 3.8) is 0 Å². The minimum absolute atomic E-state index is 0.112. The van der Waals surface area contributed by atoms with Crippen molar-refractivity contribution in [1.29, 1.82) is 0 Å². The molecule has 1 N–H and O–H groups in total. The molecule has 98 valence electrons. The average molecular weight is 248 g/mol. The highest BCUT2D eigenvalue weighted by molar-refractivity contribution is 6.74. The highest BCUT2D eigenvalue weighted by Gasteiger charge is 2.37. The average Bonchev–Trinajstić information content (AvgIpc) is 2.16. The molecule has 1 unspecified atom stereocenters. The molecule has 0 amide bonds. The maximum Gasteiger partial charge on any atom is 0.192 e. The van der Waals surface area contributed by atoms with Crippen LogP contribution in [-0.2, 0) is 9.16 Å². The summed E-state index contributed by atoms with van der Waals surface area (Å²) < 4.78 is 11.4. The fraction of sp³-hybridized carbons (Fsp3) is 1.00. The van der Waals surface area contributed by atoms with Gasteiger partial charge < -0.3 is 14.3 Å². The van der Waals surface area contributed by atoms with E-state index in [4.69, 9.17) is 14.3 Å². The normalized spacial score (nSPS) is 15.2. The van der Waals surface area contributed by atoms with Crippen LogP contribution >= 0.6 is 0 Å². The first-order chi connectivity index (χ1) is 7.24. The van der Waals surface area contributed by atoms with Gasteiger partial charge in [0.15, 0.2) is 8.32 Å². The summed E-state index contributed by atoms with van der Waals surface area (Å²) >= 11 is 0. The van der Waals surface area contributed by atoms with Gasteiger partial charge in [0.1, 0.15) is 0 Å². The van der Waals surface area contributed by atoms with Gasteiger partial charge in [0.2, 0.25) is 0 Å². The van der Waals surface area contributed by atoms with Crippen molar-refractivity contribution in [2.45, 2.75) is 57.8 Å². The van der Waals surface area contributed by atoms with Crippen molar-refractivity contribution in [1.82, 2.24) is 0 Å². The van der Waals surface area contributed by atoms with E-state index < -0.39 is 8.32 Å². The molecule has 0 saturated heterocycles. The first kappa shape index (κ1) is 16.1. The van der Waals surface area contributed by atoms with E-state index in [0.29, 0.717) is 6.61 Å². The monoisotopic (exact) mass is 248 g/mol. The maximum atomic E-state index is 8.78. The standard InChI is InChI=1S/C12H28O3Si/c1-12(2,3)16(5,6)15-10-11(14-4)8-7-9-13/h11,13H,7-10H2,1-6H3. The van der Waals surface area contributed by atoms with Gasteiger partial charge in [0.05, 0.1) is 12.7 Å². The summed E-state index contributed by atoms with van der Waals surface area (Å²) in [5, 5.41) is 9.02. The first-order valence-corrected chi connectivity index (χ1v) is 8.93. The van der Waals surface area contributed by atoms with Crippen LogP contribution in [0.1, 0.15) is 33.6 Å². The lowest BCUT2D eigenvalue weighted by atomic mass is 10.2. The van der Waals surface area contributed by atoms with Crippen LogP contribution < -0.4 is 0 Å². The van der Waals surface area contributed by atoms with E-state index >= 15 is 0 Å². The fourth-order valence-electron chi connectivity index (χ4n) is 1.11. The second-order valence-electron chi connectivity index (χ2n) is 5.79. The molecular weight excluding hydrogens is 220 g/mol. The molecule has 0 bridgehead atoms. The van der Waals surface area contributed by atoms with Crippen molar-refractivity contribution in [3.05, 3.63) is 0 Å². The predicted molar refractivity (Wildman–Crippen MR) is 70.3 cm³/mol. The van der Waals surface area contributed by atoms with E-state index in [0.717, 1.165) is 12.8 Å². The van der Waals surface area contributed by atoms with Crippen molar-refractivity contribution >= 4 is 8.32 Å². The Morgan fingerprint density at radius 3 is 2.19 bits per heavy atom. The van der Waals surface area contributed by atoms with Crippen LogP contribution in [0.15, 0.2) is 0 Å². The van der Waals surface area contributed by atoms with Crippen molar-refractivity contribution in [2.24, 2.45) is 0 Å². The van der Waals surface area contributed by atoms with Gasteiger partial charge >= 0.3 is 0 Å². The quantitative estimate of drug-likeness (QED) is 0.704. The van der Waals surface area contributed by atoms with E-state index in [1.807, 2.05) is 0 Å². The zero-order chi connectivity index (χ0) is 12.8. The summed E-state index contributed by atoms with van der Waals surface area (Å²) in [6, 6.07) is 0. The molecule has 16 heavy (non-hydrogen) atoms. The van der Waals surface area contributed by atoms with E-state index in [-0.39, 0.29) is 17.7 Å². The topological polar surface area (TPSA) is 38.7 Å². The van der Waals surface area contributed by atoms with Gasteiger partial charge in [0.25, 0.3) is 0 Å². The molecule has 0 aliphatic rings. The van der Waals surface area contributed by atoms with E-state index in [2.05, 4.69) is 33.9 Å². The predicted octanol–water partition coefficient (Wildman–Crippen LogP) is 2.80. The zero-order valence-electron chi connectivity index (χ0n) is 11.7. The van der Waals surface area contributed by atoms with Crippen LogP contribution in [0, 0.1) is 0 Å². The largest absolute Gasteiger partial charge is 0.414 e. The first-order valence-electron chi connectivity index (χ1n) is 6.02. The number of methoxy groups -OCH3 is 1. The number of aliphatic hydroxyl groups is 1. The summed E-state index contributed by atoms with van der Waals surface area (Å²) in [5.74, 6) is 0. The van der Waals surface area contributed by atoms with Gasteiger partial charge in [0, 0.05) is 13.7 Å². The minimum Gasteiger partial charge on any atom is -0.414 e. The fourth-order valence-corrected chi connectivity index (χ4v) is 2.14. The van der Waals surface area contributed by atoms with Crippen molar-refractivity contribution in [2.75, 3.05) is 20.3 Å². The Balaban J connectivity index is 4.10. The Bertz CT molecular complexity index is 187. The Morgan fingerprint density at radius 1 is 1.25 bits per heavy atom. The van der Waals surface area contributed by atoms with Crippen LogP contribution in [0.4, 0.5) is 0 Å². The summed E-state index contributed by atoms with van der Waals surface area (Å²) in [6.45, 7) is 12.0. The molecule has 0 rings (SSSR count). The molecule has 1 atom stereocenters. The molecule has 0 heterocycles. The van der Waals surface area contributed by atoms with Gasteiger partial charge in [-0.2, -0.15) is 0 Å². The van der Waals surface area contributed by atoms with Crippen LogP contribution in [-0.4, -0.2) is 39.9 Å². The highest BCUT2D eigenvalue weighted by atomic mass is 28.4. The van der Waals surface area contributed by atoms with E-state index in [1.54, 1.807) is 7.11 Å². The molecule has 0 fully saturated rings. The Hall–Kier alpha value is 0.0969. The SMILES string of the molecule is COC(CCCO)CO[Si](C)(C)C(C)(C)C. The molecule has 0 spiro atoms. The van der Waals surface area contributed by atoms with Crippen molar-refractivity contribution < 1.29 is 14.3 Å². The zero-order valence-corrected chi connectivity index (χ0v) is 12.7. The van der Waals surface area contributed by atoms with E-state index in [9.17, 15) is 0 Å². The number of aliphatic hydroxyl groups excluding tert-OH is 1. The molecule has 0 aromatic heterocycles. The molecule has 0 saturated carbocycles. The van der Waals surface area contributed by atoms with Crippen LogP contribution in [0.5, 0.6) is 0 Å². The summed E-state index contributed by atoms with van der Waals surface area (Å²) in [7, 11) is 0.0397. The number of rotatable bonds is 7. The van der Waals surface area contributed by atoms with Gasteiger partial charge in [-0.05, 0) is 31.0 Å². The Morgan fingerprint density at radius 2 is 1.81 bits per heavy atom. The van der Waals surface area contributed by atoms with E-state index in [1.165, 1.54) is 0 Å². The van der Waals surface area contributed by atoms with Crippen LogP contribution in [0.3, 0.4) is 0 Å². The third kappa shape index (κ3) is 5.43. The lowest BCUT2D eigenvalue weighted by Crippen LogP contribution is -2.42. The third-order valence-corrected chi connectivity index (χ3v) is 7.95. The lowest BCUT2D eigenvalue weighted by Gasteiger charge is -2.37. The molecule has 4 heteroatoms. The summed E-state index contributed by atoms with van der Waals surface area (Å²) in [6.07, 6.45) is 1.75. The molecule has 0 aliphatic carbocycles. The van der Waals surface area contributed by atoms with Crippen LogP contribution in [0.25, 0.3) is 0 Å². The van der Waals surface area contributed by atoms with Gasteiger partial charge in [-0.1, -0.05) is 20.8 Å². The summed E-state index contributed by atoms with van der Waals surface area (Å²) in [5.41, 5.74) is 0. The number of ether oxygens (including phenoxy) is 1. The van der Waals surface area contributed by atoms with Crippen molar-refractivity contribution in [3.8, 4) is 0 Å². The molecular formula is C12H28O3Si. The minimum atomic E-state index is -1.67. The molecule has 3 nitrogen and oxygen atoms in total. The smallest absolute Gasteiger partial charge is 0.192 e. The Labute approximate surface area is 101 Å². The molecule has 0 radical (unpaired) electrons. The molecule has 0 aromatic carbocycles. The second kappa shape index (κ2) is 6.74. The maximum absolute atomic E-state index is 8.78. The molecule has 0 aromatic rings. The van der Waals surface area contributed by atoms with Crippen LogP contribution in [0.2, 0.25) is 18.1 Å².